The maximum Gasteiger partial charge on any atom is 0.246 e. The molecular formula is C24H21N7O2. The van der Waals surface area contributed by atoms with Gasteiger partial charge in [-0.2, -0.15) is 10.2 Å². The van der Waals surface area contributed by atoms with Crippen molar-refractivity contribution in [1.82, 2.24) is 29.3 Å². The fourth-order valence-corrected chi connectivity index (χ4v) is 4.19. The molecule has 9 heteroatoms. The number of nitrogens with two attached hydrogens (primary N) is 1. The summed E-state index contributed by atoms with van der Waals surface area (Å²) < 4.78 is 3.52. The highest BCUT2D eigenvalue weighted by Gasteiger charge is 2.30. The maximum atomic E-state index is 12.4. The summed E-state index contributed by atoms with van der Waals surface area (Å²) in [7, 11) is 0. The highest BCUT2D eigenvalue weighted by Crippen LogP contribution is 2.32. The average molecular weight is 439 g/mol. The van der Waals surface area contributed by atoms with Gasteiger partial charge < -0.3 is 10.6 Å². The molecule has 1 atom stereocenters. The van der Waals surface area contributed by atoms with E-state index in [0.29, 0.717) is 41.7 Å². The van der Waals surface area contributed by atoms with Gasteiger partial charge in [-0.3, -0.25) is 14.3 Å². The summed E-state index contributed by atoms with van der Waals surface area (Å²) in [5.41, 5.74) is 9.41. The molecule has 1 amide bonds. The number of fused-ring (bicyclic) bond motifs is 2. The summed E-state index contributed by atoms with van der Waals surface area (Å²) in [5, 5.41) is 9.53. The number of rotatable bonds is 3. The number of nitrogen functional groups attached to an aromatic ring is 1. The molecule has 0 saturated carbocycles. The molecule has 1 fully saturated rings. The molecule has 1 unspecified atom stereocenters. The van der Waals surface area contributed by atoms with Gasteiger partial charge in [0.15, 0.2) is 5.78 Å². The molecule has 4 aromatic rings. The van der Waals surface area contributed by atoms with Crippen molar-refractivity contribution in [3.8, 4) is 11.8 Å². The minimum absolute atomic E-state index is 0.118. The molecule has 0 bridgehead atoms. The molecule has 5 heterocycles. The number of carbonyl (C=O) groups is 2. The predicted molar refractivity (Wildman–Crippen MR) is 124 cm³/mol. The molecule has 1 saturated heterocycles. The van der Waals surface area contributed by atoms with Crippen molar-refractivity contribution in [1.29, 1.82) is 0 Å². The second kappa shape index (κ2) is 7.91. The van der Waals surface area contributed by atoms with Crippen LogP contribution >= 0.6 is 0 Å². The number of carbonyl (C=O) groups excluding carboxylic acids is 2. The number of hydrogen-bond acceptors (Lipinski definition) is 6. The second-order valence-electron chi connectivity index (χ2n) is 7.93. The van der Waals surface area contributed by atoms with Crippen LogP contribution in [-0.2, 0) is 4.79 Å². The van der Waals surface area contributed by atoms with Crippen LogP contribution in [0.25, 0.3) is 16.4 Å². The number of likely N-dealkylation sites (tertiary alicyclic amines) is 1. The van der Waals surface area contributed by atoms with Gasteiger partial charge in [0.2, 0.25) is 5.91 Å². The van der Waals surface area contributed by atoms with E-state index in [1.807, 2.05) is 24.4 Å². The van der Waals surface area contributed by atoms with Crippen LogP contribution in [0.5, 0.6) is 0 Å². The van der Waals surface area contributed by atoms with Crippen LogP contribution in [0, 0.1) is 11.8 Å². The zero-order chi connectivity index (χ0) is 23.1. The van der Waals surface area contributed by atoms with Crippen molar-refractivity contribution >= 4 is 33.9 Å². The van der Waals surface area contributed by atoms with E-state index < -0.39 is 0 Å². The van der Waals surface area contributed by atoms with Gasteiger partial charge in [-0.1, -0.05) is 12.5 Å². The number of Topliss-reactive ketones (excluding diaryl/α,β-unsaturated/α-hetero) is 1. The molecule has 1 aliphatic rings. The van der Waals surface area contributed by atoms with Crippen LogP contribution in [-0.4, -0.2) is 54.1 Å². The smallest absolute Gasteiger partial charge is 0.246 e. The van der Waals surface area contributed by atoms with Crippen molar-refractivity contribution in [3.63, 3.8) is 0 Å². The van der Waals surface area contributed by atoms with Crippen molar-refractivity contribution in [2.45, 2.75) is 19.4 Å². The average Bonchev–Trinajstić information content (AvgIpc) is 3.55. The van der Waals surface area contributed by atoms with Crippen molar-refractivity contribution in [2.24, 2.45) is 0 Å². The highest BCUT2D eigenvalue weighted by atomic mass is 16.2. The van der Waals surface area contributed by atoms with E-state index in [0.717, 1.165) is 11.1 Å². The first-order valence-corrected chi connectivity index (χ1v) is 10.5. The highest BCUT2D eigenvalue weighted by molar-refractivity contribution is 6.09. The van der Waals surface area contributed by atoms with Crippen LogP contribution in [0.3, 0.4) is 0 Å². The SMILES string of the molecule is C=CC(=O)N1CCC(n2nc(C#Cc3ccc4ccnn4c3)c3c(N)ncc(C(C)=O)c32)C1. The monoisotopic (exact) mass is 439 g/mol. The van der Waals surface area contributed by atoms with Gasteiger partial charge in [-0.05, 0) is 43.5 Å². The predicted octanol–water partition coefficient (Wildman–Crippen LogP) is 2.22. The first kappa shape index (κ1) is 20.5. The van der Waals surface area contributed by atoms with E-state index in [4.69, 9.17) is 10.8 Å². The lowest BCUT2D eigenvalue weighted by Gasteiger charge is -2.16. The first-order chi connectivity index (χ1) is 16.0. The minimum atomic E-state index is -0.144. The molecule has 0 aliphatic carbocycles. The molecular weight excluding hydrogens is 418 g/mol. The maximum absolute atomic E-state index is 12.4. The number of ketones is 1. The lowest BCUT2D eigenvalue weighted by Crippen LogP contribution is -2.27. The van der Waals surface area contributed by atoms with Gasteiger partial charge in [0.1, 0.15) is 11.5 Å². The zero-order valence-corrected chi connectivity index (χ0v) is 18.0. The third-order valence-corrected chi connectivity index (χ3v) is 5.85. The summed E-state index contributed by atoms with van der Waals surface area (Å²) in [6, 6.07) is 5.62. The Morgan fingerprint density at radius 1 is 1.27 bits per heavy atom. The molecule has 9 nitrogen and oxygen atoms in total. The number of pyridine rings is 2. The summed E-state index contributed by atoms with van der Waals surface area (Å²) >= 11 is 0. The lowest BCUT2D eigenvalue weighted by atomic mass is 10.1. The van der Waals surface area contributed by atoms with E-state index >= 15 is 0 Å². The van der Waals surface area contributed by atoms with E-state index in [9.17, 15) is 9.59 Å². The van der Waals surface area contributed by atoms with Gasteiger partial charge in [-0.25, -0.2) is 9.50 Å². The van der Waals surface area contributed by atoms with Crippen LogP contribution in [0.15, 0.2) is 49.4 Å². The van der Waals surface area contributed by atoms with E-state index in [1.54, 1.807) is 20.3 Å². The number of hydrogen-bond donors (Lipinski definition) is 1. The van der Waals surface area contributed by atoms with E-state index in [2.05, 4.69) is 28.5 Å². The fraction of sp³-hybridized carbons (Fsp3) is 0.208. The molecule has 0 spiro atoms. The molecule has 0 radical (unpaired) electrons. The summed E-state index contributed by atoms with van der Waals surface area (Å²) in [5.74, 6) is 6.21. The van der Waals surface area contributed by atoms with E-state index in [1.165, 1.54) is 19.2 Å². The number of nitrogens with zero attached hydrogens (tertiary/aromatic N) is 6. The van der Waals surface area contributed by atoms with Crippen molar-refractivity contribution in [2.75, 3.05) is 18.8 Å². The number of amides is 1. The summed E-state index contributed by atoms with van der Waals surface area (Å²) in [6.45, 7) is 6.09. The van der Waals surface area contributed by atoms with Gasteiger partial charge >= 0.3 is 0 Å². The largest absolute Gasteiger partial charge is 0.383 e. The molecule has 1 aliphatic heterocycles. The lowest BCUT2D eigenvalue weighted by molar-refractivity contribution is -0.125. The molecule has 2 N–H and O–H groups in total. The van der Waals surface area contributed by atoms with Crippen molar-refractivity contribution in [3.05, 3.63) is 66.3 Å². The minimum Gasteiger partial charge on any atom is -0.383 e. The van der Waals surface area contributed by atoms with E-state index in [-0.39, 0.29) is 23.6 Å². The topological polar surface area (TPSA) is 111 Å². The Labute approximate surface area is 189 Å². The molecule has 164 valence electrons. The van der Waals surface area contributed by atoms with Gasteiger partial charge in [-0.15, -0.1) is 0 Å². The quantitative estimate of drug-likeness (QED) is 0.298. The molecule has 0 aromatic carbocycles. The van der Waals surface area contributed by atoms with Gasteiger partial charge in [0.05, 0.1) is 28.0 Å². The van der Waals surface area contributed by atoms with Crippen molar-refractivity contribution < 1.29 is 9.59 Å². The third kappa shape index (κ3) is 3.51. The molecule has 4 aromatic heterocycles. The Balaban J connectivity index is 1.64. The Morgan fingerprint density at radius 3 is 2.91 bits per heavy atom. The summed E-state index contributed by atoms with van der Waals surface area (Å²) in [4.78, 5) is 30.4. The molecule has 5 rings (SSSR count). The van der Waals surface area contributed by atoms with Gasteiger partial charge in [0, 0.05) is 37.2 Å². The Morgan fingerprint density at radius 2 is 2.12 bits per heavy atom. The Hall–Kier alpha value is -4.45. The Bertz CT molecular complexity index is 1500. The fourth-order valence-electron chi connectivity index (χ4n) is 4.19. The second-order valence-corrected chi connectivity index (χ2v) is 7.93. The first-order valence-electron chi connectivity index (χ1n) is 10.5. The zero-order valence-electron chi connectivity index (χ0n) is 18.0. The van der Waals surface area contributed by atoms with Gasteiger partial charge in [0.25, 0.3) is 0 Å². The third-order valence-electron chi connectivity index (χ3n) is 5.85. The van der Waals surface area contributed by atoms with Crippen LogP contribution in [0.4, 0.5) is 5.82 Å². The van der Waals surface area contributed by atoms with Crippen LogP contribution in [0.2, 0.25) is 0 Å². The molecule has 33 heavy (non-hydrogen) atoms. The van der Waals surface area contributed by atoms with Crippen LogP contribution < -0.4 is 5.73 Å². The standard InChI is InChI=1S/C24H21N7O2/c1-3-21(33)29-11-9-18(14-29)31-23-19(15(2)32)12-26-24(25)22(23)20(28-31)7-5-16-4-6-17-8-10-27-30(17)13-16/h3-4,6,8,10,12-13,18H,1,9,11,14H2,2H3,(H2,25,26). The number of anilines is 1. The number of aromatic nitrogens is 5. The van der Waals surface area contributed by atoms with Crippen LogP contribution in [0.1, 0.15) is 41.0 Å². The Kier molecular flexibility index (Phi) is 4.90. The summed E-state index contributed by atoms with van der Waals surface area (Å²) in [6.07, 6.45) is 7.03. The normalized spacial score (nSPS) is 15.5.